The van der Waals surface area contributed by atoms with Crippen molar-refractivity contribution in [3.63, 3.8) is 0 Å². The van der Waals surface area contributed by atoms with Crippen LogP contribution in [0.15, 0.2) is 0 Å². The van der Waals surface area contributed by atoms with Gasteiger partial charge in [0.05, 0.1) is 5.92 Å². The number of hydrogen-bond acceptors (Lipinski definition) is 4. The minimum absolute atomic E-state index is 0.650. The van der Waals surface area contributed by atoms with Gasteiger partial charge >= 0.3 is 5.97 Å². The third kappa shape index (κ3) is 2.92. The van der Waals surface area contributed by atoms with Crippen molar-refractivity contribution in [1.29, 1.82) is 0 Å². The fraction of sp³-hybridized carbons (Fsp3) is 0.667. The Hall–Kier alpha value is -1.23. The van der Waals surface area contributed by atoms with Crippen LogP contribution < -0.4 is 0 Å². The minimum Gasteiger partial charge on any atom is -0.481 e. The predicted octanol–water partition coefficient (Wildman–Crippen LogP) is -0.138. The Labute approximate surface area is 81.7 Å². The number of carbonyl (C=O) groups is 3. The smallest absolute Gasteiger partial charge is 0.313 e. The van der Waals surface area contributed by atoms with Crippen molar-refractivity contribution in [3.8, 4) is 0 Å². The lowest BCUT2D eigenvalue weighted by atomic mass is 9.90. The molecule has 5 nitrogen and oxygen atoms in total. The van der Waals surface area contributed by atoms with Gasteiger partial charge in [0.1, 0.15) is 12.0 Å². The summed E-state index contributed by atoms with van der Waals surface area (Å²) in [5, 5.41) is 17.4. The van der Waals surface area contributed by atoms with Gasteiger partial charge in [0.25, 0.3) is 0 Å². The van der Waals surface area contributed by atoms with Gasteiger partial charge < -0.3 is 10.2 Å². The van der Waals surface area contributed by atoms with Crippen molar-refractivity contribution in [2.75, 3.05) is 0 Å². The summed E-state index contributed by atoms with van der Waals surface area (Å²) in [6.45, 7) is 3.77. The Morgan fingerprint density at radius 2 is 1.36 bits per heavy atom. The van der Waals surface area contributed by atoms with Gasteiger partial charge in [-0.1, -0.05) is 0 Å². The molecule has 0 aromatic heterocycles. The molecular formula is C9H14O5. The van der Waals surface area contributed by atoms with E-state index in [2.05, 4.69) is 0 Å². The van der Waals surface area contributed by atoms with Crippen molar-refractivity contribution in [3.05, 3.63) is 0 Å². The number of aliphatic hydroxyl groups is 1. The maximum absolute atomic E-state index is 11.3. The summed E-state index contributed by atoms with van der Waals surface area (Å²) in [4.78, 5) is 32.9. The number of ketones is 2. The van der Waals surface area contributed by atoms with Crippen molar-refractivity contribution in [2.24, 2.45) is 11.8 Å². The van der Waals surface area contributed by atoms with E-state index < -0.39 is 35.5 Å². The SMILES string of the molecule is C[C@H](C(=O)O)C(=O)[C@@H](C)C(=O)[C@H](C)O. The molecule has 0 aromatic carbocycles. The first kappa shape index (κ1) is 12.8. The van der Waals surface area contributed by atoms with Crippen LogP contribution in [0.3, 0.4) is 0 Å². The van der Waals surface area contributed by atoms with Crippen LogP contribution in [0, 0.1) is 11.8 Å². The van der Waals surface area contributed by atoms with Crippen LogP contribution in [0.25, 0.3) is 0 Å². The van der Waals surface area contributed by atoms with Crippen molar-refractivity contribution in [1.82, 2.24) is 0 Å². The van der Waals surface area contributed by atoms with Gasteiger partial charge in [0.15, 0.2) is 11.6 Å². The Morgan fingerprint density at radius 3 is 1.64 bits per heavy atom. The van der Waals surface area contributed by atoms with E-state index in [1.165, 1.54) is 20.8 Å². The standard InChI is InChI=1S/C9H14O5/c1-4(8(12)6(3)10)7(11)5(2)9(13)14/h4-6,10H,1-3H3,(H,13,14)/t4-,5+,6+/m1/s1. The number of carboxylic acid groups (broad SMARTS) is 1. The maximum atomic E-state index is 11.3. The van der Waals surface area contributed by atoms with Crippen LogP contribution in [-0.4, -0.2) is 33.9 Å². The van der Waals surface area contributed by atoms with E-state index in [-0.39, 0.29) is 0 Å². The van der Waals surface area contributed by atoms with Gasteiger partial charge in [0, 0.05) is 0 Å². The highest BCUT2D eigenvalue weighted by Gasteiger charge is 2.31. The molecule has 0 aromatic rings. The molecule has 0 amide bonds. The van der Waals surface area contributed by atoms with Crippen LogP contribution in [0.5, 0.6) is 0 Å². The number of aliphatic hydroxyl groups excluding tert-OH is 1. The Morgan fingerprint density at radius 1 is 0.929 bits per heavy atom. The summed E-state index contributed by atoms with van der Waals surface area (Å²) >= 11 is 0. The molecule has 0 saturated carbocycles. The molecule has 0 fully saturated rings. The monoisotopic (exact) mass is 202 g/mol. The molecule has 5 heteroatoms. The van der Waals surface area contributed by atoms with E-state index in [0.717, 1.165) is 0 Å². The van der Waals surface area contributed by atoms with E-state index in [1.807, 2.05) is 0 Å². The molecule has 0 unspecified atom stereocenters. The molecule has 0 bridgehead atoms. The van der Waals surface area contributed by atoms with Crippen LogP contribution in [0.1, 0.15) is 20.8 Å². The molecule has 0 radical (unpaired) electrons. The van der Waals surface area contributed by atoms with E-state index >= 15 is 0 Å². The zero-order chi connectivity index (χ0) is 11.5. The highest BCUT2D eigenvalue weighted by Crippen LogP contribution is 2.10. The number of hydrogen-bond donors (Lipinski definition) is 2. The number of rotatable bonds is 5. The van der Waals surface area contributed by atoms with Gasteiger partial charge in [0.2, 0.25) is 0 Å². The summed E-state index contributed by atoms with van der Waals surface area (Å²) in [6, 6.07) is 0. The van der Waals surface area contributed by atoms with Gasteiger partial charge in [-0.05, 0) is 20.8 Å². The molecule has 3 atom stereocenters. The van der Waals surface area contributed by atoms with Crippen molar-refractivity contribution < 1.29 is 24.6 Å². The lowest BCUT2D eigenvalue weighted by Gasteiger charge is -2.13. The van der Waals surface area contributed by atoms with E-state index in [0.29, 0.717) is 0 Å². The third-order valence-corrected chi connectivity index (χ3v) is 2.06. The summed E-state index contributed by atoms with van der Waals surface area (Å²) < 4.78 is 0. The normalized spacial score (nSPS) is 16.9. The highest BCUT2D eigenvalue weighted by molar-refractivity contribution is 6.10. The molecule has 2 N–H and O–H groups in total. The van der Waals surface area contributed by atoms with Crippen LogP contribution >= 0.6 is 0 Å². The third-order valence-electron chi connectivity index (χ3n) is 2.06. The van der Waals surface area contributed by atoms with E-state index in [9.17, 15) is 14.4 Å². The lowest BCUT2D eigenvalue weighted by Crippen LogP contribution is -2.35. The summed E-state index contributed by atoms with van der Waals surface area (Å²) in [7, 11) is 0. The Bertz CT molecular complexity index is 256. The predicted molar refractivity (Wildman–Crippen MR) is 47.7 cm³/mol. The summed E-state index contributed by atoms with van der Waals surface area (Å²) in [5.41, 5.74) is 0. The van der Waals surface area contributed by atoms with Crippen molar-refractivity contribution in [2.45, 2.75) is 26.9 Å². The first-order valence-corrected chi connectivity index (χ1v) is 4.27. The average Bonchev–Trinajstić information content (AvgIpc) is 2.12. The minimum atomic E-state index is -1.26. The largest absolute Gasteiger partial charge is 0.481 e. The summed E-state index contributed by atoms with van der Waals surface area (Å²) in [5.74, 6) is -4.87. The first-order valence-electron chi connectivity index (χ1n) is 4.27. The Kier molecular flexibility index (Phi) is 4.43. The van der Waals surface area contributed by atoms with E-state index in [4.69, 9.17) is 10.2 Å². The number of aliphatic carboxylic acids is 1. The van der Waals surface area contributed by atoms with Gasteiger partial charge in [-0.15, -0.1) is 0 Å². The van der Waals surface area contributed by atoms with Gasteiger partial charge in [-0.25, -0.2) is 0 Å². The summed E-state index contributed by atoms with van der Waals surface area (Å²) in [6.07, 6.45) is -1.24. The van der Waals surface area contributed by atoms with Crippen LogP contribution in [-0.2, 0) is 14.4 Å². The van der Waals surface area contributed by atoms with Crippen LogP contribution in [0.4, 0.5) is 0 Å². The van der Waals surface area contributed by atoms with Gasteiger partial charge in [-0.2, -0.15) is 0 Å². The maximum Gasteiger partial charge on any atom is 0.313 e. The molecule has 0 aliphatic carbocycles. The highest BCUT2D eigenvalue weighted by atomic mass is 16.4. The topological polar surface area (TPSA) is 91.7 Å². The second-order valence-corrected chi connectivity index (χ2v) is 3.26. The van der Waals surface area contributed by atoms with Crippen LogP contribution in [0.2, 0.25) is 0 Å². The Balaban J connectivity index is 4.55. The second-order valence-electron chi connectivity index (χ2n) is 3.26. The molecular weight excluding hydrogens is 188 g/mol. The average molecular weight is 202 g/mol. The molecule has 0 rings (SSSR count). The first-order chi connectivity index (χ1) is 6.29. The zero-order valence-electron chi connectivity index (χ0n) is 8.35. The molecule has 14 heavy (non-hydrogen) atoms. The lowest BCUT2D eigenvalue weighted by molar-refractivity contribution is -0.148. The molecule has 0 aliphatic heterocycles. The molecule has 0 saturated heterocycles. The fourth-order valence-electron chi connectivity index (χ4n) is 0.999. The molecule has 80 valence electrons. The van der Waals surface area contributed by atoms with E-state index in [1.54, 1.807) is 0 Å². The molecule has 0 heterocycles. The molecule has 0 aliphatic rings. The van der Waals surface area contributed by atoms with Crippen molar-refractivity contribution >= 4 is 17.5 Å². The quantitative estimate of drug-likeness (QED) is 0.605. The number of carboxylic acids is 1. The number of carbonyl (C=O) groups excluding carboxylic acids is 2. The molecule has 0 spiro atoms. The number of Topliss-reactive ketones (excluding diaryl/α,β-unsaturated/α-hetero) is 2. The second kappa shape index (κ2) is 4.85. The van der Waals surface area contributed by atoms with Gasteiger partial charge in [-0.3, -0.25) is 14.4 Å². The fourth-order valence-corrected chi connectivity index (χ4v) is 0.999. The zero-order valence-corrected chi connectivity index (χ0v) is 8.35.